The van der Waals surface area contributed by atoms with E-state index in [2.05, 4.69) is 10.4 Å². The van der Waals surface area contributed by atoms with Crippen molar-refractivity contribution in [1.29, 1.82) is 0 Å². The smallest absolute Gasteiger partial charge is 0.304 e. The molecule has 0 fully saturated rings. The van der Waals surface area contributed by atoms with E-state index in [1.165, 1.54) is 25.2 Å². The monoisotopic (exact) mass is 476 g/mol. The van der Waals surface area contributed by atoms with Gasteiger partial charge in [-0.05, 0) is 24.6 Å². The number of hydrogen-bond acceptors (Lipinski definition) is 6. The topological polar surface area (TPSA) is 139 Å². The molecule has 0 saturated carbocycles. The third kappa shape index (κ3) is 5.57. The molecule has 0 saturated heterocycles. The van der Waals surface area contributed by atoms with Gasteiger partial charge in [-0.2, -0.15) is 5.10 Å². The average molecular weight is 477 g/mol. The van der Waals surface area contributed by atoms with E-state index in [1.807, 2.05) is 0 Å². The van der Waals surface area contributed by atoms with Gasteiger partial charge in [0.25, 0.3) is 5.56 Å². The summed E-state index contributed by atoms with van der Waals surface area (Å²) in [6.07, 6.45) is 0.776. The van der Waals surface area contributed by atoms with Gasteiger partial charge in [0, 0.05) is 19.3 Å². The first-order valence-corrected chi connectivity index (χ1v) is 10.6. The second kappa shape index (κ2) is 9.56. The number of anilines is 1. The molecule has 13 heteroatoms. The van der Waals surface area contributed by atoms with Crippen molar-refractivity contribution in [1.82, 2.24) is 14.1 Å². The van der Waals surface area contributed by atoms with E-state index in [1.54, 1.807) is 6.92 Å². The quantitative estimate of drug-likeness (QED) is 0.589. The van der Waals surface area contributed by atoms with Gasteiger partial charge in [0.1, 0.15) is 11.6 Å². The van der Waals surface area contributed by atoms with Crippen LogP contribution in [0.15, 0.2) is 34.1 Å². The van der Waals surface area contributed by atoms with Gasteiger partial charge in [-0.25, -0.2) is 17.4 Å². The van der Waals surface area contributed by atoms with Crippen molar-refractivity contribution in [3.63, 3.8) is 0 Å². The fraction of sp³-hybridized carbons (Fsp3) is 0.294. The van der Waals surface area contributed by atoms with E-state index >= 15 is 0 Å². The highest BCUT2D eigenvalue weighted by molar-refractivity contribution is 7.89. The molecule has 1 aromatic carbocycles. The minimum Gasteiger partial charge on any atom is -0.481 e. The lowest BCUT2D eigenvalue weighted by atomic mass is 10.2. The van der Waals surface area contributed by atoms with Gasteiger partial charge in [-0.1, -0.05) is 29.3 Å². The summed E-state index contributed by atoms with van der Waals surface area (Å²) in [5.74, 6) is -1.77. The SMILES string of the molecule is Cc1ccc(NC(=O)Cn2ncc(Cl)c(Cl)c2=O)cc1S(=O)(=O)N(C)CCC(=O)O. The van der Waals surface area contributed by atoms with E-state index < -0.39 is 34.0 Å². The highest BCUT2D eigenvalue weighted by Gasteiger charge is 2.24. The number of aliphatic carboxylic acids is 1. The molecule has 2 rings (SSSR count). The van der Waals surface area contributed by atoms with Crippen LogP contribution in [0.2, 0.25) is 10.0 Å². The van der Waals surface area contributed by atoms with E-state index in [-0.39, 0.29) is 33.6 Å². The zero-order valence-electron chi connectivity index (χ0n) is 15.9. The number of amides is 1. The summed E-state index contributed by atoms with van der Waals surface area (Å²) in [4.78, 5) is 34.9. The molecule has 0 spiro atoms. The van der Waals surface area contributed by atoms with E-state index in [9.17, 15) is 22.8 Å². The van der Waals surface area contributed by atoms with Gasteiger partial charge in [0.2, 0.25) is 15.9 Å². The number of rotatable bonds is 8. The fourth-order valence-electron chi connectivity index (χ4n) is 2.39. The molecule has 0 aliphatic rings. The minimum atomic E-state index is -3.98. The van der Waals surface area contributed by atoms with Crippen LogP contribution in [0.4, 0.5) is 5.69 Å². The number of nitrogens with one attached hydrogen (secondary N) is 1. The number of aryl methyl sites for hydroxylation is 1. The van der Waals surface area contributed by atoms with E-state index in [0.717, 1.165) is 15.2 Å². The Kier molecular flexibility index (Phi) is 7.59. The molecule has 2 aromatic rings. The van der Waals surface area contributed by atoms with Crippen molar-refractivity contribution in [2.75, 3.05) is 18.9 Å². The molecule has 0 radical (unpaired) electrons. The summed E-state index contributed by atoms with van der Waals surface area (Å²) in [6.45, 7) is 0.895. The summed E-state index contributed by atoms with van der Waals surface area (Å²) >= 11 is 11.4. The molecule has 1 heterocycles. The third-order valence-electron chi connectivity index (χ3n) is 4.04. The van der Waals surface area contributed by atoms with Crippen LogP contribution in [0.25, 0.3) is 0 Å². The van der Waals surface area contributed by atoms with Crippen LogP contribution >= 0.6 is 23.2 Å². The molecule has 2 N–H and O–H groups in total. The Labute approximate surface area is 182 Å². The molecule has 1 aromatic heterocycles. The molecular formula is C17H18Cl2N4O6S. The van der Waals surface area contributed by atoms with Gasteiger partial charge < -0.3 is 10.4 Å². The predicted molar refractivity (Wildman–Crippen MR) is 110 cm³/mol. The van der Waals surface area contributed by atoms with E-state index in [4.69, 9.17) is 28.3 Å². The Hall–Kier alpha value is -2.47. The Morgan fingerprint density at radius 1 is 1.30 bits per heavy atom. The van der Waals surface area contributed by atoms with Crippen molar-refractivity contribution in [3.8, 4) is 0 Å². The molecule has 0 atom stereocenters. The predicted octanol–water partition coefficient (Wildman–Crippen LogP) is 1.59. The Balaban J connectivity index is 2.22. The maximum Gasteiger partial charge on any atom is 0.304 e. The van der Waals surface area contributed by atoms with Crippen molar-refractivity contribution in [3.05, 3.63) is 50.4 Å². The number of carboxylic acids is 1. The summed E-state index contributed by atoms with van der Waals surface area (Å²) in [7, 11) is -2.71. The molecule has 0 bridgehead atoms. The highest BCUT2D eigenvalue weighted by atomic mass is 35.5. The van der Waals surface area contributed by atoms with Gasteiger partial charge >= 0.3 is 5.97 Å². The van der Waals surface area contributed by atoms with Crippen molar-refractivity contribution in [2.45, 2.75) is 24.8 Å². The second-order valence-electron chi connectivity index (χ2n) is 6.27. The van der Waals surface area contributed by atoms with Crippen LogP contribution in [-0.4, -0.2) is 53.1 Å². The summed E-state index contributed by atoms with van der Waals surface area (Å²) in [6, 6.07) is 4.25. The lowest BCUT2D eigenvalue weighted by molar-refractivity contribution is -0.137. The van der Waals surface area contributed by atoms with Crippen LogP contribution in [0, 0.1) is 6.92 Å². The van der Waals surface area contributed by atoms with Crippen LogP contribution in [0.1, 0.15) is 12.0 Å². The highest BCUT2D eigenvalue weighted by Crippen LogP contribution is 2.23. The lowest BCUT2D eigenvalue weighted by Gasteiger charge is -2.18. The van der Waals surface area contributed by atoms with Crippen molar-refractivity contribution >= 4 is 50.8 Å². The molecular weight excluding hydrogens is 459 g/mol. The first-order valence-electron chi connectivity index (χ1n) is 8.43. The number of carboxylic acid groups (broad SMARTS) is 1. The largest absolute Gasteiger partial charge is 0.481 e. The lowest BCUT2D eigenvalue weighted by Crippen LogP contribution is -2.30. The number of benzene rings is 1. The average Bonchev–Trinajstić information content (AvgIpc) is 2.67. The van der Waals surface area contributed by atoms with Crippen LogP contribution in [0.5, 0.6) is 0 Å². The molecule has 1 amide bonds. The zero-order valence-corrected chi connectivity index (χ0v) is 18.3. The molecule has 30 heavy (non-hydrogen) atoms. The third-order valence-corrected chi connectivity index (χ3v) is 6.78. The first kappa shape index (κ1) is 23.8. The summed E-state index contributed by atoms with van der Waals surface area (Å²) < 4.78 is 27.2. The molecule has 0 aliphatic heterocycles. The molecule has 0 unspecified atom stereocenters. The standard InChI is InChI=1S/C17H18Cl2N4O6S/c1-10-3-4-11(7-13(10)30(28,29)22(2)6-5-15(25)26)21-14(24)9-23-17(27)16(19)12(18)8-20-23/h3-4,7-8H,5-6,9H2,1-2H3,(H,21,24)(H,25,26). The number of nitrogens with zero attached hydrogens (tertiary/aromatic N) is 3. The number of hydrogen-bond donors (Lipinski definition) is 2. The zero-order chi connectivity index (χ0) is 22.6. The molecule has 0 aliphatic carbocycles. The number of halogens is 2. The maximum atomic E-state index is 12.7. The number of sulfonamides is 1. The number of carbonyl (C=O) groups excluding carboxylic acids is 1. The Morgan fingerprint density at radius 2 is 1.97 bits per heavy atom. The van der Waals surface area contributed by atoms with Crippen molar-refractivity contribution < 1.29 is 23.1 Å². The van der Waals surface area contributed by atoms with Crippen molar-refractivity contribution in [2.24, 2.45) is 0 Å². The normalized spacial score (nSPS) is 11.5. The fourth-order valence-corrected chi connectivity index (χ4v) is 4.08. The summed E-state index contributed by atoms with van der Waals surface area (Å²) in [5.41, 5.74) is -0.159. The van der Waals surface area contributed by atoms with Crippen LogP contribution in [0.3, 0.4) is 0 Å². The second-order valence-corrected chi connectivity index (χ2v) is 9.07. The molecule has 10 nitrogen and oxygen atoms in total. The number of carbonyl (C=O) groups is 2. The van der Waals surface area contributed by atoms with Gasteiger partial charge in [0.05, 0.1) is 22.5 Å². The van der Waals surface area contributed by atoms with Gasteiger partial charge in [-0.3, -0.25) is 14.4 Å². The van der Waals surface area contributed by atoms with Gasteiger partial charge in [0.15, 0.2) is 0 Å². The van der Waals surface area contributed by atoms with Gasteiger partial charge in [-0.15, -0.1) is 0 Å². The van der Waals surface area contributed by atoms with Crippen LogP contribution in [-0.2, 0) is 26.2 Å². The van der Waals surface area contributed by atoms with E-state index in [0.29, 0.717) is 5.56 Å². The Bertz CT molecular complexity index is 1150. The first-order chi connectivity index (χ1) is 13.9. The van der Waals surface area contributed by atoms with Crippen LogP contribution < -0.4 is 10.9 Å². The Morgan fingerprint density at radius 3 is 2.60 bits per heavy atom. The number of aromatic nitrogens is 2. The minimum absolute atomic E-state index is 0.0428. The summed E-state index contributed by atoms with van der Waals surface area (Å²) in [5, 5.41) is 14.7. The molecule has 162 valence electrons. The maximum absolute atomic E-state index is 12.7.